The zero-order chi connectivity index (χ0) is 11.4. The van der Waals surface area contributed by atoms with Crippen LogP contribution < -0.4 is 0 Å². The van der Waals surface area contributed by atoms with E-state index in [0.29, 0.717) is 11.5 Å². The van der Waals surface area contributed by atoms with E-state index < -0.39 is 0 Å². The van der Waals surface area contributed by atoms with Gasteiger partial charge < -0.3 is 0 Å². The smallest absolute Gasteiger partial charge is 0.0929 e. The lowest BCUT2D eigenvalue weighted by Crippen LogP contribution is -1.96. The van der Waals surface area contributed by atoms with E-state index in [1.54, 1.807) is 12.4 Å². The fraction of sp³-hybridized carbons (Fsp3) is 0.167. The molecule has 0 aliphatic heterocycles. The van der Waals surface area contributed by atoms with Crippen LogP contribution in [0.1, 0.15) is 11.1 Å². The molecule has 0 amide bonds. The molecule has 2 heterocycles. The Morgan fingerprint density at radius 2 is 1.25 bits per heavy atom. The molecule has 2 rings (SSSR count). The van der Waals surface area contributed by atoms with Crippen LogP contribution >= 0.6 is 25.3 Å². The van der Waals surface area contributed by atoms with Crippen LogP contribution in [-0.4, -0.2) is 9.97 Å². The number of hydrogen-bond donors (Lipinski definition) is 2. The maximum atomic E-state index is 4.38. The van der Waals surface area contributed by atoms with Crippen molar-refractivity contribution in [2.24, 2.45) is 0 Å². The quantitative estimate of drug-likeness (QED) is 0.817. The zero-order valence-electron chi connectivity index (χ0n) is 8.67. The second kappa shape index (κ2) is 5.37. The van der Waals surface area contributed by atoms with Gasteiger partial charge in [0.1, 0.15) is 0 Å². The Balaban J connectivity index is 2.58. The third-order valence-electron chi connectivity index (χ3n) is 2.35. The first-order valence-corrected chi connectivity index (χ1v) is 6.23. The molecule has 0 fully saturated rings. The van der Waals surface area contributed by atoms with Gasteiger partial charge in [-0.25, -0.2) is 0 Å². The van der Waals surface area contributed by atoms with Gasteiger partial charge in [0.25, 0.3) is 0 Å². The van der Waals surface area contributed by atoms with Crippen molar-refractivity contribution in [3.8, 4) is 11.4 Å². The van der Waals surface area contributed by atoms with Gasteiger partial charge in [0.2, 0.25) is 0 Å². The molecule has 0 aliphatic carbocycles. The van der Waals surface area contributed by atoms with Gasteiger partial charge in [0.05, 0.1) is 11.4 Å². The van der Waals surface area contributed by atoms with Crippen molar-refractivity contribution < 1.29 is 0 Å². The van der Waals surface area contributed by atoms with E-state index in [1.165, 1.54) is 0 Å². The largest absolute Gasteiger partial charge is 0.254 e. The summed E-state index contributed by atoms with van der Waals surface area (Å²) in [6.07, 6.45) is 3.55. The number of pyridine rings is 2. The van der Waals surface area contributed by atoms with Gasteiger partial charge in [-0.2, -0.15) is 25.3 Å². The van der Waals surface area contributed by atoms with Crippen molar-refractivity contribution in [1.82, 2.24) is 9.97 Å². The lowest BCUT2D eigenvalue weighted by molar-refractivity contribution is 1.18. The Bertz CT molecular complexity index is 440. The lowest BCUT2D eigenvalue weighted by Gasteiger charge is -2.08. The molecule has 2 aromatic heterocycles. The standard InChI is InChI=1S/C12H12N2S2/c15-7-9-3-1-5-13-11(9)12-10(8-16)4-2-6-14-12/h1-6,15-16H,7-8H2. The van der Waals surface area contributed by atoms with Crippen LogP contribution in [0.15, 0.2) is 36.7 Å². The molecule has 82 valence electrons. The molecule has 16 heavy (non-hydrogen) atoms. The molecule has 2 nitrogen and oxygen atoms in total. The molecule has 0 aromatic carbocycles. The van der Waals surface area contributed by atoms with E-state index in [-0.39, 0.29) is 0 Å². The second-order valence-corrected chi connectivity index (χ2v) is 3.97. The Kier molecular flexibility index (Phi) is 3.85. The van der Waals surface area contributed by atoms with Crippen LogP contribution in [0.25, 0.3) is 11.4 Å². The Hall–Kier alpha value is -1.00. The fourth-order valence-corrected chi connectivity index (χ4v) is 2.07. The summed E-state index contributed by atoms with van der Waals surface area (Å²) in [5.41, 5.74) is 3.99. The predicted octanol–water partition coefficient (Wildman–Crippen LogP) is 3.00. The minimum absolute atomic E-state index is 0.658. The van der Waals surface area contributed by atoms with Gasteiger partial charge >= 0.3 is 0 Å². The zero-order valence-corrected chi connectivity index (χ0v) is 10.5. The van der Waals surface area contributed by atoms with E-state index in [1.807, 2.05) is 24.3 Å². The highest BCUT2D eigenvalue weighted by molar-refractivity contribution is 7.79. The second-order valence-electron chi connectivity index (χ2n) is 3.34. The highest BCUT2D eigenvalue weighted by Crippen LogP contribution is 2.24. The number of rotatable bonds is 3. The molecule has 0 saturated carbocycles. The maximum Gasteiger partial charge on any atom is 0.0929 e. The third-order valence-corrected chi connectivity index (χ3v) is 3.03. The van der Waals surface area contributed by atoms with Gasteiger partial charge in [-0.3, -0.25) is 9.97 Å². The monoisotopic (exact) mass is 248 g/mol. The van der Waals surface area contributed by atoms with Crippen molar-refractivity contribution in [2.75, 3.05) is 0 Å². The highest BCUT2D eigenvalue weighted by atomic mass is 32.1. The molecule has 0 radical (unpaired) electrons. The van der Waals surface area contributed by atoms with Crippen LogP contribution in [0.2, 0.25) is 0 Å². The molecule has 2 aromatic rings. The lowest BCUT2D eigenvalue weighted by atomic mass is 10.1. The van der Waals surface area contributed by atoms with Crippen LogP contribution in [0.4, 0.5) is 0 Å². The molecule has 0 N–H and O–H groups in total. The van der Waals surface area contributed by atoms with Crippen molar-refractivity contribution >= 4 is 25.3 Å². The van der Waals surface area contributed by atoms with Crippen molar-refractivity contribution in [2.45, 2.75) is 11.5 Å². The summed E-state index contributed by atoms with van der Waals surface area (Å²) in [7, 11) is 0. The molecular weight excluding hydrogens is 236 g/mol. The summed E-state index contributed by atoms with van der Waals surface area (Å²) in [5, 5.41) is 0. The van der Waals surface area contributed by atoms with Crippen LogP contribution in [-0.2, 0) is 11.5 Å². The number of hydrogen-bond acceptors (Lipinski definition) is 4. The highest BCUT2D eigenvalue weighted by Gasteiger charge is 2.09. The van der Waals surface area contributed by atoms with Gasteiger partial charge in [0, 0.05) is 23.9 Å². The Morgan fingerprint density at radius 1 is 0.812 bits per heavy atom. The molecular formula is C12H12N2S2. The number of thiol groups is 2. The minimum Gasteiger partial charge on any atom is -0.254 e. The first-order chi connectivity index (χ1) is 7.86. The van der Waals surface area contributed by atoms with Crippen LogP contribution in [0.3, 0.4) is 0 Å². The topological polar surface area (TPSA) is 25.8 Å². The molecule has 0 bridgehead atoms. The SMILES string of the molecule is SCc1cccnc1-c1ncccc1CS. The average molecular weight is 248 g/mol. The van der Waals surface area contributed by atoms with Crippen molar-refractivity contribution in [3.05, 3.63) is 47.8 Å². The third kappa shape index (κ3) is 2.23. The number of nitrogens with zero attached hydrogens (tertiary/aromatic N) is 2. The summed E-state index contributed by atoms with van der Waals surface area (Å²) in [5.74, 6) is 1.32. The average Bonchev–Trinajstić information content (AvgIpc) is 2.38. The first kappa shape index (κ1) is 11.5. The van der Waals surface area contributed by atoms with Crippen molar-refractivity contribution in [3.63, 3.8) is 0 Å². The summed E-state index contributed by atoms with van der Waals surface area (Å²) in [6.45, 7) is 0. The molecule has 0 saturated heterocycles. The Morgan fingerprint density at radius 3 is 1.62 bits per heavy atom. The molecule has 0 spiro atoms. The van der Waals surface area contributed by atoms with Gasteiger partial charge in [-0.1, -0.05) is 12.1 Å². The van der Waals surface area contributed by atoms with E-state index in [4.69, 9.17) is 0 Å². The van der Waals surface area contributed by atoms with Crippen LogP contribution in [0.5, 0.6) is 0 Å². The van der Waals surface area contributed by atoms with Gasteiger partial charge in [0.15, 0.2) is 0 Å². The van der Waals surface area contributed by atoms with Crippen LogP contribution in [0, 0.1) is 0 Å². The van der Waals surface area contributed by atoms with E-state index in [9.17, 15) is 0 Å². The predicted molar refractivity (Wildman–Crippen MR) is 72.8 cm³/mol. The summed E-state index contributed by atoms with van der Waals surface area (Å²) < 4.78 is 0. The fourth-order valence-electron chi connectivity index (χ4n) is 1.56. The first-order valence-electron chi connectivity index (χ1n) is 4.96. The van der Waals surface area contributed by atoms with E-state index >= 15 is 0 Å². The summed E-state index contributed by atoms with van der Waals surface area (Å²) in [4.78, 5) is 8.77. The van der Waals surface area contributed by atoms with Gasteiger partial charge in [-0.05, 0) is 23.3 Å². The Labute approximate surface area is 106 Å². The molecule has 0 atom stereocenters. The number of aromatic nitrogens is 2. The normalized spacial score (nSPS) is 10.4. The maximum absolute atomic E-state index is 4.38. The molecule has 0 aliphatic rings. The minimum atomic E-state index is 0.658. The molecule has 4 heteroatoms. The van der Waals surface area contributed by atoms with E-state index in [2.05, 4.69) is 35.2 Å². The summed E-state index contributed by atoms with van der Waals surface area (Å²) >= 11 is 8.61. The van der Waals surface area contributed by atoms with Gasteiger partial charge in [-0.15, -0.1) is 0 Å². The van der Waals surface area contributed by atoms with Crippen molar-refractivity contribution in [1.29, 1.82) is 0 Å². The van der Waals surface area contributed by atoms with E-state index in [0.717, 1.165) is 22.5 Å². The summed E-state index contributed by atoms with van der Waals surface area (Å²) in [6, 6.07) is 7.87. The molecule has 0 unspecified atom stereocenters.